The Labute approximate surface area is 92.7 Å². The molecule has 0 bridgehead atoms. The summed E-state index contributed by atoms with van der Waals surface area (Å²) in [6, 6.07) is 0. The van der Waals surface area contributed by atoms with E-state index in [2.05, 4.69) is 13.5 Å². The van der Waals surface area contributed by atoms with Crippen molar-refractivity contribution in [2.75, 3.05) is 0 Å². The van der Waals surface area contributed by atoms with Crippen molar-refractivity contribution in [1.82, 2.24) is 0 Å². The van der Waals surface area contributed by atoms with Crippen LogP contribution in [0.25, 0.3) is 0 Å². The molecule has 1 fully saturated rings. The summed E-state index contributed by atoms with van der Waals surface area (Å²) in [5, 5.41) is 0. The van der Waals surface area contributed by atoms with Gasteiger partial charge in [-0.1, -0.05) is 25.8 Å². The number of carbonyl (C=O) groups excluding carboxylic acids is 1. The SMILES string of the molecule is C=C(C)C(=O)OC1(C)CCCCCCC1. The van der Waals surface area contributed by atoms with Gasteiger partial charge in [-0.3, -0.25) is 0 Å². The minimum absolute atomic E-state index is 0.238. The van der Waals surface area contributed by atoms with Gasteiger partial charge < -0.3 is 4.74 Å². The van der Waals surface area contributed by atoms with E-state index in [9.17, 15) is 4.79 Å². The molecule has 0 aromatic rings. The molecule has 0 saturated heterocycles. The van der Waals surface area contributed by atoms with Crippen LogP contribution in [0, 0.1) is 0 Å². The summed E-state index contributed by atoms with van der Waals surface area (Å²) < 4.78 is 5.54. The van der Waals surface area contributed by atoms with E-state index in [1.54, 1.807) is 6.92 Å². The molecule has 1 aliphatic carbocycles. The lowest BCUT2D eigenvalue weighted by Crippen LogP contribution is -2.32. The van der Waals surface area contributed by atoms with Crippen LogP contribution in [-0.4, -0.2) is 11.6 Å². The molecule has 2 heteroatoms. The van der Waals surface area contributed by atoms with E-state index in [1.165, 1.54) is 32.1 Å². The minimum atomic E-state index is -0.254. The van der Waals surface area contributed by atoms with Gasteiger partial charge in [0, 0.05) is 5.57 Å². The highest BCUT2D eigenvalue weighted by Gasteiger charge is 2.28. The van der Waals surface area contributed by atoms with E-state index in [-0.39, 0.29) is 11.6 Å². The van der Waals surface area contributed by atoms with Crippen LogP contribution in [0.4, 0.5) is 0 Å². The lowest BCUT2D eigenvalue weighted by atomic mass is 9.88. The molecule has 0 atom stereocenters. The molecule has 86 valence electrons. The third kappa shape index (κ3) is 4.06. The van der Waals surface area contributed by atoms with Crippen molar-refractivity contribution in [3.63, 3.8) is 0 Å². The van der Waals surface area contributed by atoms with Crippen LogP contribution in [0.15, 0.2) is 12.2 Å². The summed E-state index contributed by atoms with van der Waals surface area (Å²) in [5.74, 6) is -0.238. The van der Waals surface area contributed by atoms with Crippen LogP contribution in [0.2, 0.25) is 0 Å². The van der Waals surface area contributed by atoms with E-state index in [0.29, 0.717) is 5.57 Å². The van der Waals surface area contributed by atoms with Gasteiger partial charge in [0.2, 0.25) is 0 Å². The van der Waals surface area contributed by atoms with Gasteiger partial charge in [0.25, 0.3) is 0 Å². The Morgan fingerprint density at radius 2 is 1.60 bits per heavy atom. The largest absolute Gasteiger partial charge is 0.456 e. The van der Waals surface area contributed by atoms with Crippen LogP contribution in [0.1, 0.15) is 58.8 Å². The molecule has 0 N–H and O–H groups in total. The second-order valence-corrected chi connectivity index (χ2v) is 4.89. The lowest BCUT2D eigenvalue weighted by Gasteiger charge is -2.31. The molecule has 0 aliphatic heterocycles. The van der Waals surface area contributed by atoms with Gasteiger partial charge in [-0.15, -0.1) is 0 Å². The van der Waals surface area contributed by atoms with Crippen molar-refractivity contribution in [1.29, 1.82) is 0 Å². The molecule has 2 nitrogen and oxygen atoms in total. The molecular formula is C13H22O2. The monoisotopic (exact) mass is 210 g/mol. The van der Waals surface area contributed by atoms with Crippen LogP contribution in [0.5, 0.6) is 0 Å². The molecule has 0 aromatic heterocycles. The van der Waals surface area contributed by atoms with Crippen LogP contribution in [-0.2, 0) is 9.53 Å². The first-order chi connectivity index (χ1) is 7.03. The maximum Gasteiger partial charge on any atom is 0.333 e. The van der Waals surface area contributed by atoms with Crippen molar-refractivity contribution in [3.05, 3.63) is 12.2 Å². The average Bonchev–Trinajstić information content (AvgIpc) is 2.12. The van der Waals surface area contributed by atoms with Gasteiger partial charge in [0.15, 0.2) is 0 Å². The first-order valence-electron chi connectivity index (χ1n) is 5.92. The van der Waals surface area contributed by atoms with E-state index in [4.69, 9.17) is 4.74 Å². The van der Waals surface area contributed by atoms with E-state index in [0.717, 1.165) is 12.8 Å². The van der Waals surface area contributed by atoms with Crippen molar-refractivity contribution in [3.8, 4) is 0 Å². The highest BCUT2D eigenvalue weighted by molar-refractivity contribution is 5.87. The standard InChI is InChI=1S/C13H22O2/c1-11(2)12(14)15-13(3)9-7-5-4-6-8-10-13/h1,4-10H2,2-3H3. The highest BCUT2D eigenvalue weighted by atomic mass is 16.6. The average molecular weight is 210 g/mol. The number of ether oxygens (including phenoxy) is 1. The normalized spacial score (nSPS) is 21.2. The van der Waals surface area contributed by atoms with Crippen LogP contribution in [0.3, 0.4) is 0 Å². The summed E-state index contributed by atoms with van der Waals surface area (Å²) in [6.07, 6.45) is 8.17. The smallest absolute Gasteiger partial charge is 0.333 e. The maximum atomic E-state index is 11.5. The van der Waals surface area contributed by atoms with Crippen molar-refractivity contribution >= 4 is 5.97 Å². The van der Waals surface area contributed by atoms with Crippen LogP contribution < -0.4 is 0 Å². The molecular weight excluding hydrogens is 188 g/mol. The number of hydrogen-bond acceptors (Lipinski definition) is 2. The Bertz CT molecular complexity index is 235. The molecule has 0 amide bonds. The predicted octanol–water partition coefficient (Wildman–Crippen LogP) is 3.61. The summed E-state index contributed by atoms with van der Waals surface area (Å²) in [7, 11) is 0. The van der Waals surface area contributed by atoms with Gasteiger partial charge >= 0.3 is 5.97 Å². The Morgan fingerprint density at radius 3 is 2.07 bits per heavy atom. The number of esters is 1. The Hall–Kier alpha value is -0.790. The molecule has 0 aromatic carbocycles. The molecule has 1 saturated carbocycles. The zero-order valence-corrected chi connectivity index (χ0v) is 9.97. The maximum absolute atomic E-state index is 11.5. The molecule has 0 radical (unpaired) electrons. The number of carbonyl (C=O) groups is 1. The van der Waals surface area contributed by atoms with Crippen LogP contribution >= 0.6 is 0 Å². The quantitative estimate of drug-likeness (QED) is 0.514. The van der Waals surface area contributed by atoms with Gasteiger partial charge in [-0.2, -0.15) is 0 Å². The van der Waals surface area contributed by atoms with E-state index in [1.807, 2.05) is 0 Å². The van der Waals surface area contributed by atoms with Gasteiger partial charge in [-0.25, -0.2) is 4.79 Å². The number of hydrogen-bond donors (Lipinski definition) is 0. The lowest BCUT2D eigenvalue weighted by molar-refractivity contribution is -0.155. The third-order valence-electron chi connectivity index (χ3n) is 3.10. The van der Waals surface area contributed by atoms with E-state index >= 15 is 0 Å². The van der Waals surface area contributed by atoms with E-state index < -0.39 is 0 Å². The number of rotatable bonds is 2. The second-order valence-electron chi connectivity index (χ2n) is 4.89. The molecule has 1 aliphatic rings. The third-order valence-corrected chi connectivity index (χ3v) is 3.10. The van der Waals surface area contributed by atoms with Crippen molar-refractivity contribution in [2.24, 2.45) is 0 Å². The van der Waals surface area contributed by atoms with Gasteiger partial charge in [-0.05, 0) is 39.5 Å². The highest BCUT2D eigenvalue weighted by Crippen LogP contribution is 2.29. The fourth-order valence-electron chi connectivity index (χ4n) is 2.07. The van der Waals surface area contributed by atoms with Gasteiger partial charge in [0.05, 0.1) is 0 Å². The molecule has 0 unspecified atom stereocenters. The van der Waals surface area contributed by atoms with Crippen molar-refractivity contribution in [2.45, 2.75) is 64.4 Å². The molecule has 1 rings (SSSR count). The van der Waals surface area contributed by atoms with Gasteiger partial charge in [0.1, 0.15) is 5.60 Å². The first kappa shape index (κ1) is 12.3. The first-order valence-corrected chi connectivity index (χ1v) is 5.92. The van der Waals surface area contributed by atoms with Crippen molar-refractivity contribution < 1.29 is 9.53 Å². The fourth-order valence-corrected chi connectivity index (χ4v) is 2.07. The second kappa shape index (κ2) is 5.34. The summed E-state index contributed by atoms with van der Waals surface area (Å²) in [6.45, 7) is 7.38. The molecule has 0 spiro atoms. The molecule has 0 heterocycles. The minimum Gasteiger partial charge on any atom is -0.456 e. The summed E-state index contributed by atoms with van der Waals surface area (Å²) in [5.41, 5.74) is 0.245. The summed E-state index contributed by atoms with van der Waals surface area (Å²) in [4.78, 5) is 11.5. The summed E-state index contributed by atoms with van der Waals surface area (Å²) >= 11 is 0. The Balaban J connectivity index is 2.53. The fraction of sp³-hybridized carbons (Fsp3) is 0.769. The Kier molecular flexibility index (Phi) is 4.37. The topological polar surface area (TPSA) is 26.3 Å². The zero-order chi connectivity index (χ0) is 11.3. The zero-order valence-electron chi connectivity index (χ0n) is 9.97. The Morgan fingerprint density at radius 1 is 1.13 bits per heavy atom. The molecule has 15 heavy (non-hydrogen) atoms. The predicted molar refractivity (Wildman–Crippen MR) is 61.6 cm³/mol.